The van der Waals surface area contributed by atoms with Crippen LogP contribution < -0.4 is 0 Å². The Balaban J connectivity index is 3.70. The van der Waals surface area contributed by atoms with Gasteiger partial charge in [-0.25, -0.2) is 4.99 Å². The van der Waals surface area contributed by atoms with Gasteiger partial charge >= 0.3 is 0 Å². The zero-order valence-electron chi connectivity index (χ0n) is 11.1. The minimum atomic E-state index is -1.47. The second kappa shape index (κ2) is 5.70. The summed E-state index contributed by atoms with van der Waals surface area (Å²) in [5.74, 6) is -0.895. The van der Waals surface area contributed by atoms with E-state index in [-0.39, 0.29) is 0 Å². The molecule has 0 saturated carbocycles. The minimum Gasteiger partial charge on any atom is -0.359 e. The molecule has 0 fully saturated rings. The molecule has 0 amide bonds. The summed E-state index contributed by atoms with van der Waals surface area (Å²) in [7, 11) is 1.50. The van der Waals surface area contributed by atoms with Gasteiger partial charge in [0.15, 0.2) is 11.6 Å². The Labute approximate surface area is 121 Å². The molecule has 1 aliphatic rings. The maximum absolute atomic E-state index is 9.62. The van der Waals surface area contributed by atoms with E-state index < -0.39 is 23.0 Å². The molecule has 5 nitrogen and oxygen atoms in total. The first-order valence-electron chi connectivity index (χ1n) is 6.01. The van der Waals surface area contributed by atoms with Crippen molar-refractivity contribution in [2.24, 2.45) is 21.7 Å². The highest BCUT2D eigenvalue weighted by Gasteiger charge is 2.63. The predicted octanol–water partition coefficient (Wildman–Crippen LogP) is 2.75. The summed E-state index contributed by atoms with van der Waals surface area (Å²) in [5.41, 5.74) is -2.25. The van der Waals surface area contributed by atoms with E-state index >= 15 is 0 Å². The second-order valence-corrected chi connectivity index (χ2v) is 5.31. The molecule has 0 aromatic carbocycles. The summed E-state index contributed by atoms with van der Waals surface area (Å²) in [5, 5.41) is 28.6. The van der Waals surface area contributed by atoms with Crippen molar-refractivity contribution in [3.05, 3.63) is 0 Å². The Morgan fingerprint density at radius 3 is 2.11 bits per heavy atom. The lowest BCUT2D eigenvalue weighted by molar-refractivity contribution is -0.0701. The lowest BCUT2D eigenvalue weighted by atomic mass is 9.54. The first-order valence-corrected chi connectivity index (χ1v) is 6.80. The summed E-state index contributed by atoms with van der Waals surface area (Å²) < 4.78 is 5.69. The molecule has 6 heteroatoms. The highest BCUT2D eigenvalue weighted by Crippen LogP contribution is 2.56. The van der Waals surface area contributed by atoms with Crippen molar-refractivity contribution in [1.29, 1.82) is 15.8 Å². The number of hydrogen-bond acceptors (Lipinski definition) is 5. The molecule has 1 aliphatic heterocycles. The van der Waals surface area contributed by atoms with Gasteiger partial charge in [-0.2, -0.15) is 15.8 Å². The third kappa shape index (κ3) is 1.86. The number of rotatable bonds is 3. The molecule has 1 heterocycles. The fraction of sp³-hybridized carbons (Fsp3) is 0.692. The number of hydrogen-bond donors (Lipinski definition) is 0. The molecule has 0 bridgehead atoms. The molecule has 0 aliphatic carbocycles. The Hall–Kier alpha value is -1.42. The van der Waals surface area contributed by atoms with Crippen LogP contribution in [0.2, 0.25) is 0 Å². The van der Waals surface area contributed by atoms with Crippen molar-refractivity contribution in [2.75, 3.05) is 7.11 Å². The van der Waals surface area contributed by atoms with E-state index in [0.29, 0.717) is 17.5 Å². The standard InChI is InChI=1S/C13H15BrN4O/c1-4-12(5-2)11(19-3)18-10(14)9(6-15)13(12,7-16)8-17/h9,11H,4-5H2,1-3H3/t9?,11-/m0/s1. The maximum Gasteiger partial charge on any atom is 0.175 e. The smallest absolute Gasteiger partial charge is 0.175 e. The SMILES string of the molecule is CCC1(CC)[C@H](OC)N=C(Br)C(C#N)C1(C#N)C#N. The molecule has 0 spiro atoms. The van der Waals surface area contributed by atoms with Crippen molar-refractivity contribution in [3.8, 4) is 18.2 Å². The third-order valence-corrected chi connectivity index (χ3v) is 4.80. The zero-order valence-corrected chi connectivity index (χ0v) is 12.7. The fourth-order valence-corrected chi connectivity index (χ4v) is 3.56. The topological polar surface area (TPSA) is 93.0 Å². The molecule has 0 aromatic heterocycles. The molecule has 0 aromatic rings. The third-order valence-electron chi connectivity index (χ3n) is 4.14. The van der Waals surface area contributed by atoms with E-state index in [1.807, 2.05) is 19.9 Å². The van der Waals surface area contributed by atoms with Crippen molar-refractivity contribution >= 4 is 20.6 Å². The van der Waals surface area contributed by atoms with Crippen LogP contribution in [-0.4, -0.2) is 18.0 Å². The number of halogens is 1. The minimum absolute atomic E-state index is 0.308. The van der Waals surface area contributed by atoms with Crippen LogP contribution in [0.1, 0.15) is 26.7 Å². The van der Waals surface area contributed by atoms with Gasteiger partial charge in [0.1, 0.15) is 10.5 Å². The molecule has 0 radical (unpaired) electrons. The predicted molar refractivity (Wildman–Crippen MR) is 72.9 cm³/mol. The zero-order chi connectivity index (χ0) is 14.7. The van der Waals surface area contributed by atoms with E-state index in [4.69, 9.17) is 4.74 Å². The van der Waals surface area contributed by atoms with Gasteiger partial charge in [-0.3, -0.25) is 0 Å². The number of nitrogens with zero attached hydrogens (tertiary/aromatic N) is 4. The lowest BCUT2D eigenvalue weighted by Gasteiger charge is -2.49. The van der Waals surface area contributed by atoms with Crippen LogP contribution in [0.5, 0.6) is 0 Å². The Morgan fingerprint density at radius 1 is 1.26 bits per heavy atom. The highest BCUT2D eigenvalue weighted by atomic mass is 79.9. The molecule has 0 N–H and O–H groups in total. The average molecular weight is 323 g/mol. The van der Waals surface area contributed by atoms with Crippen molar-refractivity contribution in [3.63, 3.8) is 0 Å². The first-order chi connectivity index (χ1) is 9.03. The Morgan fingerprint density at radius 2 is 1.79 bits per heavy atom. The summed E-state index contributed by atoms with van der Waals surface area (Å²) in [4.78, 5) is 4.33. The largest absolute Gasteiger partial charge is 0.359 e. The molecule has 19 heavy (non-hydrogen) atoms. The van der Waals surface area contributed by atoms with Crippen LogP contribution in [-0.2, 0) is 4.74 Å². The average Bonchev–Trinajstić information content (AvgIpc) is 2.45. The molecule has 1 unspecified atom stereocenters. The molecule has 100 valence electrons. The number of nitriles is 3. The van der Waals surface area contributed by atoms with E-state index in [9.17, 15) is 15.8 Å². The van der Waals surface area contributed by atoms with Gasteiger partial charge < -0.3 is 4.74 Å². The van der Waals surface area contributed by atoms with Crippen LogP contribution >= 0.6 is 15.9 Å². The lowest BCUT2D eigenvalue weighted by Crippen LogP contribution is -2.56. The Kier molecular flexibility index (Phi) is 4.69. The van der Waals surface area contributed by atoms with Crippen LogP contribution in [0.25, 0.3) is 0 Å². The summed E-state index contributed by atoms with van der Waals surface area (Å²) in [6.07, 6.45) is 0.455. The van der Waals surface area contributed by atoms with Crippen molar-refractivity contribution < 1.29 is 4.74 Å². The second-order valence-electron chi connectivity index (χ2n) is 4.50. The summed E-state index contributed by atoms with van der Waals surface area (Å²) in [6.45, 7) is 3.78. The molecular formula is C13H15BrN4O. The fourth-order valence-electron chi connectivity index (χ4n) is 2.93. The van der Waals surface area contributed by atoms with Crippen LogP contribution in [0.15, 0.2) is 4.99 Å². The van der Waals surface area contributed by atoms with Gasteiger partial charge in [-0.1, -0.05) is 13.8 Å². The number of ether oxygens (including phenoxy) is 1. The van der Waals surface area contributed by atoms with Gasteiger partial charge in [0.2, 0.25) is 0 Å². The van der Waals surface area contributed by atoms with Crippen molar-refractivity contribution in [1.82, 2.24) is 0 Å². The normalized spacial score (nSPS) is 27.5. The Bertz CT molecular complexity index is 490. The molecular weight excluding hydrogens is 308 g/mol. The monoisotopic (exact) mass is 322 g/mol. The van der Waals surface area contributed by atoms with Gasteiger partial charge in [0.25, 0.3) is 0 Å². The van der Waals surface area contributed by atoms with Gasteiger partial charge in [0, 0.05) is 7.11 Å². The van der Waals surface area contributed by atoms with Gasteiger partial charge in [0.05, 0.1) is 23.6 Å². The molecule has 0 saturated heterocycles. The highest BCUT2D eigenvalue weighted by molar-refractivity contribution is 9.18. The number of aliphatic imine (C=N–C) groups is 1. The van der Waals surface area contributed by atoms with Gasteiger partial charge in [-0.15, -0.1) is 0 Å². The van der Waals surface area contributed by atoms with E-state index in [0.717, 1.165) is 0 Å². The maximum atomic E-state index is 9.62. The summed E-state index contributed by atoms with van der Waals surface area (Å²) >= 11 is 3.21. The molecule has 1 rings (SSSR count). The van der Waals surface area contributed by atoms with Crippen molar-refractivity contribution in [2.45, 2.75) is 32.9 Å². The van der Waals surface area contributed by atoms with E-state index in [2.05, 4.69) is 33.1 Å². The van der Waals surface area contributed by atoms with Gasteiger partial charge in [-0.05, 0) is 28.8 Å². The van der Waals surface area contributed by atoms with E-state index in [1.165, 1.54) is 7.11 Å². The van der Waals surface area contributed by atoms with Crippen LogP contribution in [0, 0.1) is 50.7 Å². The first kappa shape index (κ1) is 15.6. The van der Waals surface area contributed by atoms with Crippen LogP contribution in [0.3, 0.4) is 0 Å². The van der Waals surface area contributed by atoms with E-state index in [1.54, 1.807) is 0 Å². The summed E-state index contributed by atoms with van der Waals surface area (Å²) in [6, 6.07) is 6.20. The quantitative estimate of drug-likeness (QED) is 0.798. The van der Waals surface area contributed by atoms with Crippen LogP contribution in [0.4, 0.5) is 0 Å². The number of methoxy groups -OCH3 is 1. The molecule has 2 atom stereocenters.